The van der Waals surface area contributed by atoms with Gasteiger partial charge in [0.15, 0.2) is 5.82 Å². The van der Waals surface area contributed by atoms with Crippen LogP contribution in [0.15, 0.2) is 30.9 Å². The maximum atomic E-state index is 13.6. The highest BCUT2D eigenvalue weighted by molar-refractivity contribution is 5.89. The molecule has 2 aromatic heterocycles. The van der Waals surface area contributed by atoms with Gasteiger partial charge in [-0.25, -0.2) is 14.2 Å². The minimum absolute atomic E-state index is 0.0109. The summed E-state index contributed by atoms with van der Waals surface area (Å²) in [6, 6.07) is 1.14. The van der Waals surface area contributed by atoms with E-state index in [0.29, 0.717) is 13.1 Å². The molecule has 0 radical (unpaired) electrons. The summed E-state index contributed by atoms with van der Waals surface area (Å²) in [5, 5.41) is 2.60. The number of anilines is 1. The van der Waals surface area contributed by atoms with Crippen LogP contribution in [0.1, 0.15) is 18.8 Å². The Kier molecular flexibility index (Phi) is 4.52. The first-order valence-electron chi connectivity index (χ1n) is 7.57. The molecule has 1 aliphatic rings. The van der Waals surface area contributed by atoms with Crippen molar-refractivity contribution in [2.45, 2.75) is 13.0 Å². The Balaban J connectivity index is 1.71. The molecule has 1 fully saturated rings. The van der Waals surface area contributed by atoms with Crippen LogP contribution in [0.3, 0.4) is 0 Å². The molecular weight excluding hydrogens is 299 g/mol. The number of aromatic nitrogens is 3. The molecule has 0 bridgehead atoms. The number of halogens is 1. The van der Waals surface area contributed by atoms with E-state index in [2.05, 4.69) is 32.1 Å². The van der Waals surface area contributed by atoms with Crippen LogP contribution < -0.4 is 5.32 Å². The molecule has 3 heterocycles. The van der Waals surface area contributed by atoms with E-state index in [-0.39, 0.29) is 17.8 Å². The second kappa shape index (κ2) is 6.74. The average Bonchev–Trinajstić information content (AvgIpc) is 3.10. The highest BCUT2D eigenvalue weighted by atomic mass is 19.1. The van der Waals surface area contributed by atoms with Gasteiger partial charge in [-0.3, -0.25) is 9.88 Å². The number of rotatable bonds is 3. The zero-order valence-corrected chi connectivity index (χ0v) is 12.9. The zero-order valence-electron chi connectivity index (χ0n) is 12.9. The van der Waals surface area contributed by atoms with Gasteiger partial charge in [-0.2, -0.15) is 0 Å². The number of piperazine rings is 1. The molecule has 0 saturated carbocycles. The van der Waals surface area contributed by atoms with Crippen molar-refractivity contribution < 1.29 is 9.18 Å². The van der Waals surface area contributed by atoms with Crippen LogP contribution in [-0.2, 0) is 0 Å². The molecule has 2 amide bonds. The monoisotopic (exact) mass is 318 g/mol. The number of amides is 2. The van der Waals surface area contributed by atoms with E-state index >= 15 is 0 Å². The topological polar surface area (TPSA) is 77.2 Å². The quantitative estimate of drug-likeness (QED) is 0.905. The lowest BCUT2D eigenvalue weighted by molar-refractivity contribution is 0.0946. The Morgan fingerprint density at radius 2 is 2.35 bits per heavy atom. The lowest BCUT2D eigenvalue weighted by Crippen LogP contribution is -2.51. The van der Waals surface area contributed by atoms with Crippen molar-refractivity contribution in [3.63, 3.8) is 0 Å². The number of carbonyl (C=O) groups is 1. The third-order valence-corrected chi connectivity index (χ3v) is 4.03. The molecule has 23 heavy (non-hydrogen) atoms. The number of nitrogens with one attached hydrogen (secondary N) is 2. The highest BCUT2D eigenvalue weighted by Gasteiger charge is 2.31. The molecule has 0 aliphatic carbocycles. The fraction of sp³-hybridized carbons (Fsp3) is 0.400. The van der Waals surface area contributed by atoms with Gasteiger partial charge in [-0.15, -0.1) is 0 Å². The van der Waals surface area contributed by atoms with E-state index in [0.717, 1.165) is 25.1 Å². The second-order valence-corrected chi connectivity index (χ2v) is 5.35. The van der Waals surface area contributed by atoms with Crippen molar-refractivity contribution in [1.29, 1.82) is 0 Å². The number of likely N-dealkylation sites (N-methyl/N-ethyl adjacent to an activating group) is 1. The third kappa shape index (κ3) is 3.31. The third-order valence-electron chi connectivity index (χ3n) is 4.03. The normalized spacial score (nSPS) is 18.9. The molecule has 1 atom stereocenters. The molecule has 2 N–H and O–H groups in total. The van der Waals surface area contributed by atoms with Crippen LogP contribution in [0.5, 0.6) is 0 Å². The first kappa shape index (κ1) is 15.4. The lowest BCUT2D eigenvalue weighted by atomic mass is 10.1. The fourth-order valence-electron chi connectivity index (χ4n) is 2.77. The SMILES string of the molecule is CCN1CCN(C(=O)Nc2ccncc2F)C[C@@H]1c1ncc[nH]1. The summed E-state index contributed by atoms with van der Waals surface area (Å²) in [5.41, 5.74) is 0.137. The Morgan fingerprint density at radius 1 is 1.48 bits per heavy atom. The van der Waals surface area contributed by atoms with Crippen LogP contribution in [0.25, 0.3) is 0 Å². The number of hydrogen-bond donors (Lipinski definition) is 2. The Labute approximate surface area is 133 Å². The summed E-state index contributed by atoms with van der Waals surface area (Å²) in [4.78, 5) is 27.4. The van der Waals surface area contributed by atoms with Crippen LogP contribution >= 0.6 is 0 Å². The van der Waals surface area contributed by atoms with Gasteiger partial charge in [0.2, 0.25) is 0 Å². The standard InChI is InChI=1S/C15H19FN6O/c1-2-21-7-8-22(10-13(21)14-18-5-6-19-14)15(23)20-12-3-4-17-9-11(12)16/h3-6,9,13H,2,7-8,10H2,1H3,(H,18,19)(H,17,20,23)/t13-/m1/s1. The van der Waals surface area contributed by atoms with Crippen LogP contribution in [0.4, 0.5) is 14.9 Å². The van der Waals surface area contributed by atoms with Crippen molar-refractivity contribution in [1.82, 2.24) is 24.8 Å². The minimum atomic E-state index is -0.546. The van der Waals surface area contributed by atoms with E-state index < -0.39 is 5.82 Å². The molecule has 2 aromatic rings. The summed E-state index contributed by atoms with van der Waals surface area (Å²) >= 11 is 0. The van der Waals surface area contributed by atoms with Gasteiger partial charge in [0.05, 0.1) is 17.9 Å². The van der Waals surface area contributed by atoms with Crippen LogP contribution in [0, 0.1) is 5.82 Å². The highest BCUT2D eigenvalue weighted by Crippen LogP contribution is 2.23. The van der Waals surface area contributed by atoms with E-state index in [1.54, 1.807) is 17.3 Å². The molecule has 0 aromatic carbocycles. The summed E-state index contributed by atoms with van der Waals surface area (Å²) in [6.07, 6.45) is 6.00. The van der Waals surface area contributed by atoms with Crippen molar-refractivity contribution in [3.05, 3.63) is 42.5 Å². The van der Waals surface area contributed by atoms with Gasteiger partial charge in [0.1, 0.15) is 5.82 Å². The van der Waals surface area contributed by atoms with Crippen molar-refractivity contribution in [2.24, 2.45) is 0 Å². The van der Waals surface area contributed by atoms with E-state index in [1.165, 1.54) is 12.3 Å². The van der Waals surface area contributed by atoms with Gasteiger partial charge in [0, 0.05) is 38.2 Å². The predicted molar refractivity (Wildman–Crippen MR) is 83.4 cm³/mol. The van der Waals surface area contributed by atoms with Crippen molar-refractivity contribution in [3.8, 4) is 0 Å². The Morgan fingerprint density at radius 3 is 3.04 bits per heavy atom. The molecule has 1 aliphatic heterocycles. The number of pyridine rings is 1. The lowest BCUT2D eigenvalue weighted by Gasteiger charge is -2.39. The summed E-state index contributed by atoms with van der Waals surface area (Å²) in [6.45, 7) is 4.79. The maximum Gasteiger partial charge on any atom is 0.322 e. The average molecular weight is 318 g/mol. The Bertz CT molecular complexity index is 662. The summed E-state index contributed by atoms with van der Waals surface area (Å²) < 4.78 is 13.6. The van der Waals surface area contributed by atoms with E-state index in [9.17, 15) is 9.18 Å². The van der Waals surface area contributed by atoms with E-state index in [1.807, 2.05) is 0 Å². The van der Waals surface area contributed by atoms with Crippen molar-refractivity contribution in [2.75, 3.05) is 31.5 Å². The number of carbonyl (C=O) groups excluding carboxylic acids is 1. The number of imidazole rings is 1. The summed E-state index contributed by atoms with van der Waals surface area (Å²) in [5.74, 6) is 0.287. The van der Waals surface area contributed by atoms with Gasteiger partial charge < -0.3 is 15.2 Å². The van der Waals surface area contributed by atoms with Crippen molar-refractivity contribution >= 4 is 11.7 Å². The van der Waals surface area contributed by atoms with E-state index in [4.69, 9.17) is 0 Å². The summed E-state index contributed by atoms with van der Waals surface area (Å²) in [7, 11) is 0. The first-order valence-corrected chi connectivity index (χ1v) is 7.57. The van der Waals surface area contributed by atoms with Gasteiger partial charge in [-0.1, -0.05) is 6.92 Å². The molecule has 7 nitrogen and oxygen atoms in total. The number of aromatic amines is 1. The predicted octanol–water partition coefficient (Wildman–Crippen LogP) is 1.85. The molecule has 0 unspecified atom stereocenters. The number of nitrogens with zero attached hydrogens (tertiary/aromatic N) is 4. The molecule has 122 valence electrons. The number of hydrogen-bond acceptors (Lipinski definition) is 4. The maximum absolute atomic E-state index is 13.6. The molecule has 3 rings (SSSR count). The number of H-pyrrole nitrogens is 1. The zero-order chi connectivity index (χ0) is 16.2. The fourth-order valence-corrected chi connectivity index (χ4v) is 2.77. The molecular formula is C15H19FN6O. The minimum Gasteiger partial charge on any atom is -0.347 e. The Hall–Kier alpha value is -2.48. The van der Waals surface area contributed by atoms with Crippen LogP contribution in [-0.4, -0.2) is 57.0 Å². The first-order chi connectivity index (χ1) is 11.2. The second-order valence-electron chi connectivity index (χ2n) is 5.35. The van der Waals surface area contributed by atoms with Gasteiger partial charge >= 0.3 is 6.03 Å². The molecule has 0 spiro atoms. The smallest absolute Gasteiger partial charge is 0.322 e. The number of urea groups is 1. The molecule has 8 heteroatoms. The largest absolute Gasteiger partial charge is 0.347 e. The van der Waals surface area contributed by atoms with Crippen LogP contribution in [0.2, 0.25) is 0 Å². The van der Waals surface area contributed by atoms with Gasteiger partial charge in [0.25, 0.3) is 0 Å². The van der Waals surface area contributed by atoms with Gasteiger partial charge in [-0.05, 0) is 12.6 Å². The molecule has 1 saturated heterocycles.